The molecule has 2 aromatic rings. The van der Waals surface area contributed by atoms with E-state index in [0.29, 0.717) is 11.3 Å². The zero-order chi connectivity index (χ0) is 16.9. The van der Waals surface area contributed by atoms with Crippen LogP contribution < -0.4 is 5.32 Å². The number of carbonyl (C=O) groups excluding carboxylic acids is 2. The normalized spacial score (nSPS) is 16.9. The lowest BCUT2D eigenvalue weighted by molar-refractivity contribution is -0.114. The van der Waals surface area contributed by atoms with Crippen LogP contribution in [0.2, 0.25) is 0 Å². The minimum absolute atomic E-state index is 0.0720. The second-order valence-electron chi connectivity index (χ2n) is 6.24. The average molecular weight is 322 g/mol. The monoisotopic (exact) mass is 322 g/mol. The summed E-state index contributed by atoms with van der Waals surface area (Å²) in [6, 6.07) is 17.7. The number of likely N-dealkylation sites (tertiary alicyclic amines) is 1. The molecule has 1 N–H and O–H groups in total. The molecular weight excluding hydrogens is 300 g/mol. The largest absolute Gasteiger partial charge is 0.335 e. The van der Waals surface area contributed by atoms with Crippen LogP contribution in [0, 0.1) is 0 Å². The van der Waals surface area contributed by atoms with Crippen LogP contribution in [0.4, 0.5) is 5.69 Å². The van der Waals surface area contributed by atoms with Crippen molar-refractivity contribution in [2.75, 3.05) is 11.9 Å². The van der Waals surface area contributed by atoms with Crippen LogP contribution in [0.3, 0.4) is 0 Å². The lowest BCUT2D eigenvalue weighted by Gasteiger charge is -2.25. The van der Waals surface area contributed by atoms with Gasteiger partial charge in [-0.3, -0.25) is 9.59 Å². The molecule has 3 rings (SSSR count). The van der Waals surface area contributed by atoms with Gasteiger partial charge in [0.15, 0.2) is 0 Å². The summed E-state index contributed by atoms with van der Waals surface area (Å²) in [7, 11) is 0. The van der Waals surface area contributed by atoms with Gasteiger partial charge in [-0.25, -0.2) is 0 Å². The Morgan fingerprint density at radius 2 is 1.79 bits per heavy atom. The van der Waals surface area contributed by atoms with Gasteiger partial charge in [0.05, 0.1) is 0 Å². The van der Waals surface area contributed by atoms with Crippen LogP contribution in [0.25, 0.3) is 0 Å². The number of hydrogen-bond donors (Lipinski definition) is 1. The molecule has 4 nitrogen and oxygen atoms in total. The zero-order valence-corrected chi connectivity index (χ0v) is 13.9. The van der Waals surface area contributed by atoms with Crippen molar-refractivity contribution < 1.29 is 9.59 Å². The van der Waals surface area contributed by atoms with Gasteiger partial charge in [-0.2, -0.15) is 0 Å². The molecule has 124 valence electrons. The number of nitrogens with one attached hydrogen (secondary N) is 1. The lowest BCUT2D eigenvalue weighted by Crippen LogP contribution is -2.36. The van der Waals surface area contributed by atoms with Crippen molar-refractivity contribution in [2.24, 2.45) is 0 Å². The Labute approximate surface area is 142 Å². The molecule has 1 atom stereocenters. The molecule has 1 fully saturated rings. The fourth-order valence-electron chi connectivity index (χ4n) is 3.27. The number of anilines is 1. The molecule has 4 heteroatoms. The van der Waals surface area contributed by atoms with E-state index < -0.39 is 0 Å². The van der Waals surface area contributed by atoms with Gasteiger partial charge >= 0.3 is 0 Å². The first-order valence-corrected chi connectivity index (χ1v) is 8.36. The van der Waals surface area contributed by atoms with E-state index in [2.05, 4.69) is 17.4 Å². The Balaban J connectivity index is 1.70. The van der Waals surface area contributed by atoms with E-state index in [1.54, 1.807) is 24.3 Å². The first-order valence-electron chi connectivity index (χ1n) is 8.36. The van der Waals surface area contributed by atoms with E-state index in [-0.39, 0.29) is 17.9 Å². The van der Waals surface area contributed by atoms with Crippen molar-refractivity contribution in [1.29, 1.82) is 0 Å². The third kappa shape index (κ3) is 3.82. The van der Waals surface area contributed by atoms with Gasteiger partial charge in [0, 0.05) is 30.8 Å². The third-order valence-corrected chi connectivity index (χ3v) is 4.40. The molecule has 0 bridgehead atoms. The molecule has 0 aliphatic carbocycles. The van der Waals surface area contributed by atoms with Gasteiger partial charge in [0.25, 0.3) is 5.91 Å². The van der Waals surface area contributed by atoms with Crippen LogP contribution in [0.15, 0.2) is 54.6 Å². The molecule has 1 unspecified atom stereocenters. The van der Waals surface area contributed by atoms with E-state index in [9.17, 15) is 9.59 Å². The topological polar surface area (TPSA) is 49.4 Å². The summed E-state index contributed by atoms with van der Waals surface area (Å²) in [6.07, 6.45) is 2.99. The van der Waals surface area contributed by atoms with Crippen LogP contribution in [0.1, 0.15) is 35.7 Å². The summed E-state index contributed by atoms with van der Waals surface area (Å²) in [4.78, 5) is 25.9. The Bertz CT molecular complexity index is 710. The SMILES string of the molecule is CC(=O)Nc1ccc(C(=O)N2CCCC2Cc2ccccc2)cc1. The molecule has 0 radical (unpaired) electrons. The van der Waals surface area contributed by atoms with Crippen LogP contribution in [0.5, 0.6) is 0 Å². The molecule has 0 spiro atoms. The quantitative estimate of drug-likeness (QED) is 0.936. The van der Waals surface area contributed by atoms with Gasteiger partial charge in [-0.1, -0.05) is 30.3 Å². The predicted octanol–water partition coefficient (Wildman–Crippen LogP) is 3.49. The van der Waals surface area contributed by atoms with Crippen molar-refractivity contribution in [3.8, 4) is 0 Å². The Morgan fingerprint density at radius 3 is 2.46 bits per heavy atom. The second kappa shape index (κ2) is 7.30. The molecule has 1 saturated heterocycles. The Hall–Kier alpha value is -2.62. The summed E-state index contributed by atoms with van der Waals surface area (Å²) in [5, 5.41) is 2.72. The minimum Gasteiger partial charge on any atom is -0.335 e. The molecule has 1 aliphatic heterocycles. The zero-order valence-electron chi connectivity index (χ0n) is 13.9. The van der Waals surface area contributed by atoms with E-state index in [0.717, 1.165) is 25.8 Å². The Morgan fingerprint density at radius 1 is 1.08 bits per heavy atom. The highest BCUT2D eigenvalue weighted by molar-refractivity contribution is 5.95. The maximum Gasteiger partial charge on any atom is 0.254 e. The average Bonchev–Trinajstić information content (AvgIpc) is 3.03. The van der Waals surface area contributed by atoms with E-state index in [1.807, 2.05) is 23.1 Å². The molecular formula is C20H22N2O2. The highest BCUT2D eigenvalue weighted by Crippen LogP contribution is 2.24. The number of nitrogens with zero attached hydrogens (tertiary/aromatic N) is 1. The fourth-order valence-corrected chi connectivity index (χ4v) is 3.27. The van der Waals surface area contributed by atoms with Crippen molar-refractivity contribution >= 4 is 17.5 Å². The fraction of sp³-hybridized carbons (Fsp3) is 0.300. The number of carbonyl (C=O) groups is 2. The number of amides is 2. The van der Waals surface area contributed by atoms with E-state index >= 15 is 0 Å². The molecule has 24 heavy (non-hydrogen) atoms. The molecule has 1 aliphatic rings. The van der Waals surface area contributed by atoms with Crippen molar-refractivity contribution in [2.45, 2.75) is 32.2 Å². The second-order valence-corrected chi connectivity index (χ2v) is 6.24. The maximum atomic E-state index is 12.8. The Kier molecular flexibility index (Phi) is 4.94. The van der Waals surface area contributed by atoms with Crippen LogP contribution >= 0.6 is 0 Å². The van der Waals surface area contributed by atoms with Gasteiger partial charge in [0.2, 0.25) is 5.91 Å². The highest BCUT2D eigenvalue weighted by atomic mass is 16.2. The third-order valence-electron chi connectivity index (χ3n) is 4.40. The number of hydrogen-bond acceptors (Lipinski definition) is 2. The van der Waals surface area contributed by atoms with Crippen LogP contribution in [-0.4, -0.2) is 29.3 Å². The van der Waals surface area contributed by atoms with Crippen molar-refractivity contribution in [1.82, 2.24) is 4.90 Å². The first-order chi connectivity index (χ1) is 11.6. The van der Waals surface area contributed by atoms with Gasteiger partial charge in [-0.05, 0) is 49.1 Å². The first kappa shape index (κ1) is 16.2. The smallest absolute Gasteiger partial charge is 0.254 e. The summed E-state index contributed by atoms with van der Waals surface area (Å²) in [6.45, 7) is 2.28. The standard InChI is InChI=1S/C20H22N2O2/c1-15(23)21-18-11-9-17(10-12-18)20(24)22-13-5-8-19(22)14-16-6-3-2-4-7-16/h2-4,6-7,9-12,19H,5,8,13-14H2,1H3,(H,21,23). The molecule has 0 aromatic heterocycles. The highest BCUT2D eigenvalue weighted by Gasteiger charge is 2.29. The summed E-state index contributed by atoms with van der Waals surface area (Å²) in [5.74, 6) is -0.0423. The van der Waals surface area contributed by atoms with Crippen molar-refractivity contribution in [3.05, 3.63) is 65.7 Å². The van der Waals surface area contributed by atoms with Crippen LogP contribution in [-0.2, 0) is 11.2 Å². The molecule has 2 amide bonds. The minimum atomic E-state index is -0.114. The molecule has 2 aromatic carbocycles. The van der Waals surface area contributed by atoms with Crippen molar-refractivity contribution in [3.63, 3.8) is 0 Å². The van der Waals surface area contributed by atoms with Gasteiger partial charge < -0.3 is 10.2 Å². The predicted molar refractivity (Wildman–Crippen MR) is 95.0 cm³/mol. The summed E-state index contributed by atoms with van der Waals surface area (Å²) < 4.78 is 0. The number of benzene rings is 2. The maximum absolute atomic E-state index is 12.8. The van der Waals surface area contributed by atoms with E-state index in [4.69, 9.17) is 0 Å². The van der Waals surface area contributed by atoms with Gasteiger partial charge in [0.1, 0.15) is 0 Å². The lowest BCUT2D eigenvalue weighted by atomic mass is 10.0. The van der Waals surface area contributed by atoms with E-state index in [1.165, 1.54) is 12.5 Å². The summed E-state index contributed by atoms with van der Waals surface area (Å²) >= 11 is 0. The summed E-state index contributed by atoms with van der Waals surface area (Å²) in [5.41, 5.74) is 2.65. The molecule has 0 saturated carbocycles. The number of rotatable bonds is 4. The molecule has 1 heterocycles. The van der Waals surface area contributed by atoms with Gasteiger partial charge in [-0.15, -0.1) is 0 Å².